The zero-order valence-electron chi connectivity index (χ0n) is 14.2. The van der Waals surface area contributed by atoms with Crippen molar-refractivity contribution < 1.29 is 14.6 Å². The molecular formula is C18H28O3. The molecule has 2 rings (SSSR count). The van der Waals surface area contributed by atoms with Crippen molar-refractivity contribution in [2.24, 2.45) is 0 Å². The molecule has 118 valence electrons. The molecule has 1 aromatic carbocycles. The molecule has 3 heteroatoms. The average molecular weight is 292 g/mol. The van der Waals surface area contributed by atoms with E-state index in [1.54, 1.807) is 0 Å². The first kappa shape index (κ1) is 16.2. The molecule has 0 amide bonds. The summed E-state index contributed by atoms with van der Waals surface area (Å²) in [6.07, 6.45) is 2.65. The van der Waals surface area contributed by atoms with Crippen molar-refractivity contribution >= 4 is 0 Å². The zero-order chi connectivity index (χ0) is 15.8. The summed E-state index contributed by atoms with van der Waals surface area (Å²) in [5.74, 6) is 2.03. The van der Waals surface area contributed by atoms with Crippen molar-refractivity contribution in [3.8, 4) is 11.5 Å². The number of hydrogen-bond acceptors (Lipinski definition) is 3. The Morgan fingerprint density at radius 1 is 1.24 bits per heavy atom. The van der Waals surface area contributed by atoms with Crippen LogP contribution in [0.25, 0.3) is 0 Å². The van der Waals surface area contributed by atoms with Gasteiger partial charge >= 0.3 is 0 Å². The van der Waals surface area contributed by atoms with Crippen molar-refractivity contribution in [1.29, 1.82) is 0 Å². The second-order valence-electron chi connectivity index (χ2n) is 6.90. The van der Waals surface area contributed by atoms with E-state index < -0.39 is 0 Å². The second kappa shape index (κ2) is 5.88. The van der Waals surface area contributed by atoms with Gasteiger partial charge in [-0.25, -0.2) is 0 Å². The SMILES string of the molecule is Cc1c(CCCO)c2c(c(C)c1OC(C)C)CC(C)(C)O2. The van der Waals surface area contributed by atoms with Gasteiger partial charge < -0.3 is 14.6 Å². The van der Waals surface area contributed by atoms with Gasteiger partial charge in [0.15, 0.2) is 0 Å². The van der Waals surface area contributed by atoms with E-state index in [1.165, 1.54) is 16.7 Å². The van der Waals surface area contributed by atoms with Crippen LogP contribution < -0.4 is 9.47 Å². The van der Waals surface area contributed by atoms with Gasteiger partial charge in [-0.1, -0.05) is 0 Å². The Balaban J connectivity index is 2.56. The molecule has 0 saturated carbocycles. The molecule has 0 unspecified atom stereocenters. The molecule has 1 aromatic rings. The van der Waals surface area contributed by atoms with Crippen molar-refractivity contribution in [3.63, 3.8) is 0 Å². The van der Waals surface area contributed by atoms with E-state index in [-0.39, 0.29) is 18.3 Å². The Morgan fingerprint density at radius 3 is 2.48 bits per heavy atom. The maximum atomic E-state index is 9.17. The van der Waals surface area contributed by atoms with Gasteiger partial charge in [0.2, 0.25) is 0 Å². The molecule has 0 aliphatic carbocycles. The fourth-order valence-electron chi connectivity index (χ4n) is 3.12. The molecule has 0 spiro atoms. The molecule has 0 atom stereocenters. The van der Waals surface area contributed by atoms with Crippen LogP contribution in [-0.2, 0) is 12.8 Å². The summed E-state index contributed by atoms with van der Waals surface area (Å²) in [4.78, 5) is 0. The number of aliphatic hydroxyl groups excluding tert-OH is 1. The quantitative estimate of drug-likeness (QED) is 0.898. The minimum Gasteiger partial charge on any atom is -0.490 e. The summed E-state index contributed by atoms with van der Waals surface area (Å²) < 4.78 is 12.3. The molecule has 0 bridgehead atoms. The second-order valence-corrected chi connectivity index (χ2v) is 6.90. The third kappa shape index (κ3) is 3.18. The Labute approximate surface area is 128 Å². The van der Waals surface area contributed by atoms with Gasteiger partial charge in [0.1, 0.15) is 17.1 Å². The first-order valence-corrected chi connectivity index (χ1v) is 7.88. The average Bonchev–Trinajstić information content (AvgIpc) is 2.70. The van der Waals surface area contributed by atoms with Crippen LogP contribution in [0, 0.1) is 13.8 Å². The lowest BCUT2D eigenvalue weighted by Crippen LogP contribution is -2.25. The topological polar surface area (TPSA) is 38.7 Å². The minimum absolute atomic E-state index is 0.154. The van der Waals surface area contributed by atoms with Crippen LogP contribution in [0.5, 0.6) is 11.5 Å². The van der Waals surface area contributed by atoms with E-state index in [0.29, 0.717) is 0 Å². The predicted molar refractivity (Wildman–Crippen MR) is 85.5 cm³/mol. The Bertz CT molecular complexity index is 526. The number of rotatable bonds is 5. The maximum Gasteiger partial charge on any atom is 0.127 e. The fourth-order valence-corrected chi connectivity index (χ4v) is 3.12. The van der Waals surface area contributed by atoms with Gasteiger partial charge in [-0.15, -0.1) is 0 Å². The summed E-state index contributed by atoms with van der Waals surface area (Å²) >= 11 is 0. The Morgan fingerprint density at radius 2 is 1.90 bits per heavy atom. The Kier molecular flexibility index (Phi) is 4.52. The lowest BCUT2D eigenvalue weighted by atomic mass is 9.91. The first-order chi connectivity index (χ1) is 9.76. The smallest absolute Gasteiger partial charge is 0.127 e. The number of ether oxygens (including phenoxy) is 2. The van der Waals surface area contributed by atoms with E-state index in [1.807, 2.05) is 0 Å². The van der Waals surface area contributed by atoms with Gasteiger partial charge in [0, 0.05) is 24.2 Å². The summed E-state index contributed by atoms with van der Waals surface area (Å²) in [7, 11) is 0. The van der Waals surface area contributed by atoms with Crippen LogP contribution in [0.2, 0.25) is 0 Å². The van der Waals surface area contributed by atoms with Crippen molar-refractivity contribution in [2.45, 2.75) is 72.5 Å². The summed E-state index contributed by atoms with van der Waals surface area (Å²) in [6.45, 7) is 12.8. The Hall–Kier alpha value is -1.22. The van der Waals surface area contributed by atoms with E-state index in [9.17, 15) is 0 Å². The molecule has 0 saturated heterocycles. The van der Waals surface area contributed by atoms with Crippen molar-refractivity contribution in [3.05, 3.63) is 22.3 Å². The summed E-state index contributed by atoms with van der Waals surface area (Å²) in [6, 6.07) is 0. The molecule has 1 N–H and O–H groups in total. The molecule has 0 fully saturated rings. The van der Waals surface area contributed by atoms with Crippen LogP contribution in [0.1, 0.15) is 56.4 Å². The molecule has 0 aromatic heterocycles. The zero-order valence-corrected chi connectivity index (χ0v) is 14.2. The number of aliphatic hydroxyl groups is 1. The molecule has 1 aliphatic heterocycles. The number of hydrogen-bond donors (Lipinski definition) is 1. The highest BCUT2D eigenvalue weighted by molar-refractivity contribution is 5.60. The van der Waals surface area contributed by atoms with Gasteiger partial charge in [0.05, 0.1) is 6.10 Å². The molecule has 3 nitrogen and oxygen atoms in total. The summed E-state index contributed by atoms with van der Waals surface area (Å²) in [5, 5.41) is 9.17. The number of fused-ring (bicyclic) bond motifs is 1. The van der Waals surface area contributed by atoms with E-state index in [0.717, 1.165) is 36.3 Å². The summed E-state index contributed by atoms with van der Waals surface area (Å²) in [5.41, 5.74) is 4.67. The monoisotopic (exact) mass is 292 g/mol. The molecule has 21 heavy (non-hydrogen) atoms. The normalized spacial score (nSPS) is 16.0. The van der Waals surface area contributed by atoms with Crippen molar-refractivity contribution in [2.75, 3.05) is 6.61 Å². The van der Waals surface area contributed by atoms with Gasteiger partial charge in [0.25, 0.3) is 0 Å². The van der Waals surface area contributed by atoms with Crippen LogP contribution in [0.15, 0.2) is 0 Å². The van der Waals surface area contributed by atoms with Gasteiger partial charge in [-0.3, -0.25) is 0 Å². The molecule has 1 heterocycles. The van der Waals surface area contributed by atoms with Crippen LogP contribution >= 0.6 is 0 Å². The fraction of sp³-hybridized carbons (Fsp3) is 0.667. The number of benzene rings is 1. The van der Waals surface area contributed by atoms with E-state index >= 15 is 0 Å². The van der Waals surface area contributed by atoms with Crippen molar-refractivity contribution in [1.82, 2.24) is 0 Å². The van der Waals surface area contributed by atoms with Crippen LogP contribution in [0.3, 0.4) is 0 Å². The molecule has 1 aliphatic rings. The molecular weight excluding hydrogens is 264 g/mol. The van der Waals surface area contributed by atoms with Crippen LogP contribution in [-0.4, -0.2) is 23.4 Å². The standard InChI is InChI=1S/C18H28O3/c1-11(2)20-16-12(3)14(8-7-9-19)17-15(13(16)4)10-18(5,6)21-17/h11,19H,7-10H2,1-6H3. The lowest BCUT2D eigenvalue weighted by molar-refractivity contribution is 0.137. The highest BCUT2D eigenvalue weighted by Gasteiger charge is 2.35. The molecule has 0 radical (unpaired) electrons. The predicted octanol–water partition coefficient (Wildman–Crippen LogP) is 3.73. The van der Waals surface area contributed by atoms with Crippen LogP contribution in [0.4, 0.5) is 0 Å². The third-order valence-electron chi connectivity index (χ3n) is 4.05. The highest BCUT2D eigenvalue weighted by atomic mass is 16.5. The largest absolute Gasteiger partial charge is 0.490 e. The van der Waals surface area contributed by atoms with Gasteiger partial charge in [-0.05, 0) is 65.5 Å². The first-order valence-electron chi connectivity index (χ1n) is 7.88. The highest BCUT2D eigenvalue weighted by Crippen LogP contribution is 2.46. The third-order valence-corrected chi connectivity index (χ3v) is 4.05. The minimum atomic E-state index is -0.163. The van der Waals surface area contributed by atoms with E-state index in [2.05, 4.69) is 41.5 Å². The lowest BCUT2D eigenvalue weighted by Gasteiger charge is -2.22. The maximum absolute atomic E-state index is 9.17. The van der Waals surface area contributed by atoms with E-state index in [4.69, 9.17) is 14.6 Å². The van der Waals surface area contributed by atoms with Gasteiger partial charge in [-0.2, -0.15) is 0 Å².